The van der Waals surface area contributed by atoms with Crippen molar-refractivity contribution in [3.05, 3.63) is 45.3 Å². The Morgan fingerprint density at radius 3 is 2.67 bits per heavy atom. The van der Waals surface area contributed by atoms with Gasteiger partial charge in [0.1, 0.15) is 5.58 Å². The predicted octanol–water partition coefficient (Wildman–Crippen LogP) is 2.14. The third-order valence-corrected chi connectivity index (χ3v) is 4.20. The van der Waals surface area contributed by atoms with Crippen LogP contribution in [0.3, 0.4) is 0 Å². The number of fused-ring (bicyclic) bond motifs is 2. The van der Waals surface area contributed by atoms with E-state index in [0.717, 1.165) is 23.8 Å². The van der Waals surface area contributed by atoms with Crippen molar-refractivity contribution in [1.82, 2.24) is 5.32 Å². The zero-order valence-electron chi connectivity index (χ0n) is 12.5. The van der Waals surface area contributed by atoms with Crippen LogP contribution in [0.2, 0.25) is 0 Å². The lowest BCUT2D eigenvalue weighted by molar-refractivity contribution is 0.187. The molecule has 4 heteroatoms. The second kappa shape index (κ2) is 5.28. The zero-order valence-corrected chi connectivity index (χ0v) is 12.5. The molecule has 0 unspecified atom stereocenters. The molecule has 0 aliphatic heterocycles. The predicted molar refractivity (Wildman–Crippen MR) is 82.5 cm³/mol. The van der Waals surface area contributed by atoms with E-state index in [2.05, 4.69) is 11.4 Å². The summed E-state index contributed by atoms with van der Waals surface area (Å²) in [5.74, 6) is 0. The van der Waals surface area contributed by atoms with E-state index in [-0.39, 0.29) is 17.8 Å². The summed E-state index contributed by atoms with van der Waals surface area (Å²) >= 11 is 0. The minimum Gasteiger partial charge on any atom is -0.423 e. The van der Waals surface area contributed by atoms with Gasteiger partial charge >= 0.3 is 5.63 Å². The SMILES string of the molecule is CC(C)(CO)NCc1cc(=O)oc2cc3c(cc12)CCC3. The first kappa shape index (κ1) is 14.3. The van der Waals surface area contributed by atoms with Gasteiger partial charge in [0.2, 0.25) is 0 Å². The lowest BCUT2D eigenvalue weighted by Crippen LogP contribution is -2.42. The molecule has 21 heavy (non-hydrogen) atoms. The first-order valence-electron chi connectivity index (χ1n) is 7.43. The second-order valence-electron chi connectivity index (χ2n) is 6.46. The number of hydrogen-bond donors (Lipinski definition) is 2. The van der Waals surface area contributed by atoms with E-state index in [9.17, 15) is 9.90 Å². The number of hydrogen-bond acceptors (Lipinski definition) is 4. The number of rotatable bonds is 4. The van der Waals surface area contributed by atoms with Crippen molar-refractivity contribution >= 4 is 11.0 Å². The summed E-state index contributed by atoms with van der Waals surface area (Å²) in [5, 5.41) is 13.6. The summed E-state index contributed by atoms with van der Waals surface area (Å²) in [6, 6.07) is 5.72. The van der Waals surface area contributed by atoms with Crippen LogP contribution in [0.25, 0.3) is 11.0 Å². The number of aliphatic hydroxyl groups is 1. The van der Waals surface area contributed by atoms with Crippen molar-refractivity contribution in [3.8, 4) is 0 Å². The van der Waals surface area contributed by atoms with Gasteiger partial charge in [-0.1, -0.05) is 0 Å². The molecule has 0 fully saturated rings. The van der Waals surface area contributed by atoms with Gasteiger partial charge in [0.25, 0.3) is 0 Å². The van der Waals surface area contributed by atoms with Gasteiger partial charge in [-0.2, -0.15) is 0 Å². The fourth-order valence-corrected chi connectivity index (χ4v) is 2.83. The quantitative estimate of drug-likeness (QED) is 0.846. The Hall–Kier alpha value is -1.65. The Labute approximate surface area is 123 Å². The molecular weight excluding hydrogens is 266 g/mol. The molecule has 0 atom stereocenters. The van der Waals surface area contributed by atoms with Gasteiger partial charge in [0, 0.05) is 23.5 Å². The minimum atomic E-state index is -0.376. The van der Waals surface area contributed by atoms with Crippen molar-refractivity contribution < 1.29 is 9.52 Å². The molecule has 3 rings (SSSR count). The van der Waals surface area contributed by atoms with Crippen molar-refractivity contribution in [2.75, 3.05) is 6.61 Å². The van der Waals surface area contributed by atoms with Crippen LogP contribution in [-0.2, 0) is 19.4 Å². The molecule has 1 aliphatic carbocycles. The molecular formula is C17H21NO3. The van der Waals surface area contributed by atoms with Gasteiger partial charge < -0.3 is 14.8 Å². The lowest BCUT2D eigenvalue weighted by Gasteiger charge is -2.23. The summed E-state index contributed by atoms with van der Waals surface area (Å²) in [5.41, 5.74) is 3.56. The maximum atomic E-state index is 11.8. The number of aryl methyl sites for hydroxylation is 2. The van der Waals surface area contributed by atoms with Crippen molar-refractivity contribution in [3.63, 3.8) is 0 Å². The fraction of sp³-hybridized carbons (Fsp3) is 0.471. The fourth-order valence-electron chi connectivity index (χ4n) is 2.83. The van der Waals surface area contributed by atoms with E-state index in [0.29, 0.717) is 12.1 Å². The molecule has 0 radical (unpaired) electrons. The van der Waals surface area contributed by atoms with E-state index in [1.807, 2.05) is 19.9 Å². The highest BCUT2D eigenvalue weighted by Crippen LogP contribution is 2.28. The van der Waals surface area contributed by atoms with Crippen LogP contribution in [0, 0.1) is 0 Å². The molecule has 1 aliphatic rings. The van der Waals surface area contributed by atoms with Gasteiger partial charge in [-0.25, -0.2) is 4.79 Å². The van der Waals surface area contributed by atoms with E-state index >= 15 is 0 Å². The molecule has 0 bridgehead atoms. The smallest absolute Gasteiger partial charge is 0.336 e. The maximum absolute atomic E-state index is 11.8. The van der Waals surface area contributed by atoms with Crippen LogP contribution in [0.4, 0.5) is 0 Å². The number of benzene rings is 1. The van der Waals surface area contributed by atoms with Gasteiger partial charge in [-0.05, 0) is 61.9 Å². The van der Waals surface area contributed by atoms with Crippen molar-refractivity contribution in [2.24, 2.45) is 0 Å². The van der Waals surface area contributed by atoms with Gasteiger partial charge in [-0.3, -0.25) is 0 Å². The highest BCUT2D eigenvalue weighted by Gasteiger charge is 2.18. The average molecular weight is 287 g/mol. The van der Waals surface area contributed by atoms with Crippen LogP contribution in [-0.4, -0.2) is 17.3 Å². The molecule has 1 aromatic heterocycles. The zero-order chi connectivity index (χ0) is 15.0. The van der Waals surface area contributed by atoms with Crippen LogP contribution in [0.15, 0.2) is 27.4 Å². The van der Waals surface area contributed by atoms with E-state index < -0.39 is 0 Å². The van der Waals surface area contributed by atoms with E-state index in [4.69, 9.17) is 4.42 Å². The summed E-state index contributed by atoms with van der Waals surface area (Å²) in [6.07, 6.45) is 3.33. The molecule has 0 saturated carbocycles. The first-order valence-corrected chi connectivity index (χ1v) is 7.43. The Balaban J connectivity index is 2.03. The highest BCUT2D eigenvalue weighted by molar-refractivity contribution is 5.82. The molecule has 1 heterocycles. The van der Waals surface area contributed by atoms with Crippen molar-refractivity contribution in [1.29, 1.82) is 0 Å². The molecule has 112 valence electrons. The molecule has 1 aromatic carbocycles. The second-order valence-corrected chi connectivity index (χ2v) is 6.46. The standard InChI is InChI=1S/C17H21NO3/c1-17(2,10-19)18-9-13-8-16(20)21-15-7-12-5-3-4-11(12)6-14(13)15/h6-8,18-19H,3-5,9-10H2,1-2H3. The summed E-state index contributed by atoms with van der Waals surface area (Å²) in [6.45, 7) is 4.44. The Kier molecular flexibility index (Phi) is 3.59. The monoisotopic (exact) mass is 287 g/mol. The topological polar surface area (TPSA) is 62.5 Å². The summed E-state index contributed by atoms with van der Waals surface area (Å²) in [4.78, 5) is 11.8. The van der Waals surface area contributed by atoms with Gasteiger partial charge in [-0.15, -0.1) is 0 Å². The minimum absolute atomic E-state index is 0.0434. The van der Waals surface area contributed by atoms with Crippen LogP contribution >= 0.6 is 0 Å². The molecule has 4 nitrogen and oxygen atoms in total. The third-order valence-electron chi connectivity index (χ3n) is 4.20. The van der Waals surface area contributed by atoms with Crippen LogP contribution in [0.5, 0.6) is 0 Å². The lowest BCUT2D eigenvalue weighted by atomic mass is 10.0. The third kappa shape index (κ3) is 2.87. The number of aliphatic hydroxyl groups excluding tert-OH is 1. The van der Waals surface area contributed by atoms with E-state index in [1.165, 1.54) is 17.5 Å². The molecule has 2 N–H and O–H groups in total. The number of nitrogens with one attached hydrogen (secondary N) is 1. The van der Waals surface area contributed by atoms with Crippen LogP contribution < -0.4 is 10.9 Å². The van der Waals surface area contributed by atoms with Gasteiger partial charge in [0.15, 0.2) is 0 Å². The average Bonchev–Trinajstić information content (AvgIpc) is 2.89. The van der Waals surface area contributed by atoms with E-state index in [1.54, 1.807) is 6.07 Å². The highest BCUT2D eigenvalue weighted by atomic mass is 16.4. The van der Waals surface area contributed by atoms with Gasteiger partial charge in [0.05, 0.1) is 6.61 Å². The van der Waals surface area contributed by atoms with Crippen molar-refractivity contribution in [2.45, 2.75) is 45.2 Å². The molecule has 0 amide bonds. The Bertz CT molecular complexity index is 731. The largest absolute Gasteiger partial charge is 0.423 e. The molecule has 0 spiro atoms. The van der Waals surface area contributed by atoms with Crippen LogP contribution in [0.1, 0.15) is 37.0 Å². The Morgan fingerprint density at radius 1 is 1.24 bits per heavy atom. The first-order chi connectivity index (χ1) is 9.98. The molecule has 2 aromatic rings. The summed E-state index contributed by atoms with van der Waals surface area (Å²) in [7, 11) is 0. The summed E-state index contributed by atoms with van der Waals surface area (Å²) < 4.78 is 5.35. The maximum Gasteiger partial charge on any atom is 0.336 e. The normalized spacial score (nSPS) is 14.6. The molecule has 0 saturated heterocycles. The Morgan fingerprint density at radius 2 is 1.95 bits per heavy atom.